The molecule has 0 spiro atoms. The molecule has 0 radical (unpaired) electrons. The fourth-order valence-corrected chi connectivity index (χ4v) is 3.91. The molecule has 208 valence electrons. The molecule has 0 unspecified atom stereocenters. The zero-order valence-electron chi connectivity index (χ0n) is 22.2. The third kappa shape index (κ3) is 7.43. The van der Waals surface area contributed by atoms with Crippen molar-refractivity contribution in [3.05, 3.63) is 76.9 Å². The van der Waals surface area contributed by atoms with Gasteiger partial charge in [-0.15, -0.1) is 0 Å². The third-order valence-corrected chi connectivity index (χ3v) is 5.63. The second-order valence-corrected chi connectivity index (χ2v) is 10.1. The predicted molar refractivity (Wildman–Crippen MR) is 140 cm³/mol. The minimum absolute atomic E-state index is 0.0303. The normalized spacial score (nSPS) is 11.7. The van der Waals surface area contributed by atoms with Gasteiger partial charge in [-0.3, -0.25) is 4.79 Å². The Morgan fingerprint density at radius 3 is 2.13 bits per heavy atom. The summed E-state index contributed by atoms with van der Waals surface area (Å²) in [5, 5.41) is 19.4. The number of aliphatic carboxylic acids is 1. The molecule has 0 saturated carbocycles. The number of alkyl halides is 3. The summed E-state index contributed by atoms with van der Waals surface area (Å²) in [4.78, 5) is 25.7. The number of benzene rings is 3. The number of carboxylic acids is 1. The summed E-state index contributed by atoms with van der Waals surface area (Å²) in [6.07, 6.45) is -4.97. The van der Waals surface area contributed by atoms with E-state index in [2.05, 4.69) is 0 Å². The van der Waals surface area contributed by atoms with Gasteiger partial charge in [-0.2, -0.15) is 13.2 Å². The van der Waals surface area contributed by atoms with Crippen molar-refractivity contribution < 1.29 is 42.4 Å². The molecule has 0 aliphatic heterocycles. The Balaban J connectivity index is 1.88. The van der Waals surface area contributed by atoms with E-state index in [1.165, 1.54) is 0 Å². The number of hydrogen-bond acceptors (Lipinski definition) is 6. The maximum absolute atomic E-state index is 13.4. The number of anilines is 1. The number of esters is 1. The van der Waals surface area contributed by atoms with Crippen molar-refractivity contribution in [1.29, 1.82) is 0 Å². The van der Waals surface area contributed by atoms with E-state index >= 15 is 0 Å². The highest BCUT2D eigenvalue weighted by Gasteiger charge is 2.37. The first-order valence-corrected chi connectivity index (χ1v) is 12.0. The van der Waals surface area contributed by atoms with Gasteiger partial charge < -0.3 is 24.6 Å². The molecular formula is C29H30F3NO6. The SMILES string of the molecule is CN(C)c1cc(CC(=O)O)ccc1-c1ccc(OCc2ccc(C(F)(F)F)c(O)c2C(=O)OC(C)(C)C)cc1. The molecule has 0 aliphatic carbocycles. The van der Waals surface area contributed by atoms with E-state index in [9.17, 15) is 27.9 Å². The summed E-state index contributed by atoms with van der Waals surface area (Å²) in [5.41, 5.74) is 0.261. The van der Waals surface area contributed by atoms with Crippen molar-refractivity contribution in [1.82, 2.24) is 0 Å². The van der Waals surface area contributed by atoms with Gasteiger partial charge in [-0.05, 0) is 56.2 Å². The van der Waals surface area contributed by atoms with Crippen molar-refractivity contribution in [3.8, 4) is 22.6 Å². The van der Waals surface area contributed by atoms with Crippen molar-refractivity contribution in [2.24, 2.45) is 0 Å². The van der Waals surface area contributed by atoms with Gasteiger partial charge in [0.15, 0.2) is 0 Å². The van der Waals surface area contributed by atoms with Crippen LogP contribution in [-0.4, -0.2) is 41.8 Å². The predicted octanol–water partition coefficient (Wildman–Crippen LogP) is 6.31. The van der Waals surface area contributed by atoms with Gasteiger partial charge in [0.1, 0.15) is 29.3 Å². The van der Waals surface area contributed by atoms with Crippen molar-refractivity contribution in [2.75, 3.05) is 19.0 Å². The van der Waals surface area contributed by atoms with Crippen LogP contribution in [0.2, 0.25) is 0 Å². The van der Waals surface area contributed by atoms with E-state index in [-0.39, 0.29) is 18.6 Å². The number of halogens is 3. The molecule has 0 bridgehead atoms. The Hall–Kier alpha value is -4.21. The van der Waals surface area contributed by atoms with E-state index in [1.807, 2.05) is 31.1 Å². The molecule has 0 aliphatic rings. The largest absolute Gasteiger partial charge is 0.506 e. The summed E-state index contributed by atoms with van der Waals surface area (Å²) in [5.74, 6) is -2.86. The first-order chi connectivity index (χ1) is 18.1. The third-order valence-electron chi connectivity index (χ3n) is 5.63. The second-order valence-electron chi connectivity index (χ2n) is 10.1. The van der Waals surface area contributed by atoms with E-state index in [0.29, 0.717) is 17.4 Å². The van der Waals surface area contributed by atoms with Crippen LogP contribution < -0.4 is 9.64 Å². The number of hydrogen-bond donors (Lipinski definition) is 2. The highest BCUT2D eigenvalue weighted by atomic mass is 19.4. The van der Waals surface area contributed by atoms with Crippen LogP contribution in [0.25, 0.3) is 11.1 Å². The molecule has 2 N–H and O–H groups in total. The van der Waals surface area contributed by atoms with Crippen LogP contribution in [0.3, 0.4) is 0 Å². The Morgan fingerprint density at radius 1 is 0.949 bits per heavy atom. The summed E-state index contributed by atoms with van der Waals surface area (Å²) < 4.78 is 51.1. The Morgan fingerprint density at radius 2 is 1.59 bits per heavy atom. The van der Waals surface area contributed by atoms with E-state index in [4.69, 9.17) is 14.6 Å². The van der Waals surface area contributed by atoms with Gasteiger partial charge in [-0.25, -0.2) is 4.79 Å². The quantitative estimate of drug-likeness (QED) is 0.321. The van der Waals surface area contributed by atoms with Crippen LogP contribution in [0.5, 0.6) is 11.5 Å². The highest BCUT2D eigenvalue weighted by Crippen LogP contribution is 2.40. The minimum atomic E-state index is -4.87. The summed E-state index contributed by atoms with van der Waals surface area (Å²) >= 11 is 0. The first kappa shape index (κ1) is 29.3. The van der Waals surface area contributed by atoms with Crippen LogP contribution >= 0.6 is 0 Å². The van der Waals surface area contributed by atoms with Crippen molar-refractivity contribution >= 4 is 17.6 Å². The number of carbonyl (C=O) groups excluding carboxylic acids is 1. The smallest absolute Gasteiger partial charge is 0.419 e. The first-order valence-electron chi connectivity index (χ1n) is 12.0. The Kier molecular flexibility index (Phi) is 8.48. The maximum Gasteiger partial charge on any atom is 0.419 e. The van der Waals surface area contributed by atoms with E-state index in [1.54, 1.807) is 51.1 Å². The molecule has 0 heterocycles. The number of nitrogens with zero attached hydrogens (tertiary/aromatic N) is 1. The number of phenols is 1. The Labute approximate surface area is 224 Å². The zero-order valence-corrected chi connectivity index (χ0v) is 22.2. The van der Waals surface area contributed by atoms with Gasteiger partial charge in [0.25, 0.3) is 0 Å². The average molecular weight is 546 g/mol. The molecule has 10 heteroatoms. The molecule has 3 aromatic carbocycles. The molecule has 0 saturated heterocycles. The molecular weight excluding hydrogens is 515 g/mol. The lowest BCUT2D eigenvalue weighted by atomic mass is 9.99. The number of rotatable bonds is 8. The fraction of sp³-hybridized carbons (Fsp3) is 0.310. The number of phenolic OH excluding ortho intramolecular Hbond substituents is 1. The van der Waals surface area contributed by atoms with Crippen LogP contribution in [0.1, 0.15) is 47.8 Å². The van der Waals surface area contributed by atoms with Crippen LogP contribution in [0, 0.1) is 0 Å². The zero-order chi connectivity index (χ0) is 29.1. The molecule has 7 nitrogen and oxygen atoms in total. The number of carbonyl (C=O) groups is 2. The molecule has 39 heavy (non-hydrogen) atoms. The molecule has 0 atom stereocenters. The number of ether oxygens (including phenoxy) is 2. The standard InChI is InChI=1S/C29H30F3NO6/c1-28(2,3)39-27(37)25-19(9-13-22(26(25)36)29(30,31)32)16-38-20-10-7-18(8-11-20)21-12-6-17(15-24(34)35)14-23(21)33(4)5/h6-14,36H,15-16H2,1-5H3,(H,34,35). The van der Waals surface area contributed by atoms with Crippen molar-refractivity contribution in [3.63, 3.8) is 0 Å². The summed E-state index contributed by atoms with van der Waals surface area (Å²) in [6.45, 7) is 4.39. The van der Waals surface area contributed by atoms with Gasteiger partial charge >= 0.3 is 18.1 Å². The summed E-state index contributed by atoms with van der Waals surface area (Å²) in [7, 11) is 3.70. The molecule has 0 amide bonds. The maximum atomic E-state index is 13.4. The Bertz CT molecular complexity index is 1360. The fourth-order valence-electron chi connectivity index (χ4n) is 3.91. The lowest BCUT2D eigenvalue weighted by Gasteiger charge is -2.22. The topological polar surface area (TPSA) is 96.3 Å². The highest BCUT2D eigenvalue weighted by molar-refractivity contribution is 5.95. The molecule has 0 aromatic heterocycles. The lowest BCUT2D eigenvalue weighted by Crippen LogP contribution is -2.25. The molecule has 3 rings (SSSR count). The van der Waals surface area contributed by atoms with E-state index in [0.717, 1.165) is 22.9 Å². The lowest BCUT2D eigenvalue weighted by molar-refractivity contribution is -0.139. The monoisotopic (exact) mass is 545 g/mol. The van der Waals surface area contributed by atoms with Crippen LogP contribution in [0.15, 0.2) is 54.6 Å². The second kappa shape index (κ2) is 11.3. The molecule has 3 aromatic rings. The summed E-state index contributed by atoms with van der Waals surface area (Å²) in [6, 6.07) is 14.1. The molecule has 0 fully saturated rings. The van der Waals surface area contributed by atoms with Gasteiger partial charge in [0.2, 0.25) is 0 Å². The van der Waals surface area contributed by atoms with Crippen molar-refractivity contribution in [2.45, 2.75) is 45.6 Å². The number of carboxylic acid groups (broad SMARTS) is 1. The van der Waals surface area contributed by atoms with Gasteiger partial charge in [0.05, 0.1) is 12.0 Å². The van der Waals surface area contributed by atoms with Crippen LogP contribution in [0.4, 0.5) is 18.9 Å². The van der Waals surface area contributed by atoms with Gasteiger partial charge in [-0.1, -0.05) is 30.3 Å². The van der Waals surface area contributed by atoms with E-state index < -0.39 is 40.6 Å². The minimum Gasteiger partial charge on any atom is -0.506 e. The van der Waals surface area contributed by atoms with Crippen LogP contribution in [-0.2, 0) is 28.7 Å². The number of aromatic hydroxyl groups is 1. The average Bonchev–Trinajstić information content (AvgIpc) is 2.80. The van der Waals surface area contributed by atoms with Gasteiger partial charge in [0, 0.05) is 30.9 Å².